The zero-order chi connectivity index (χ0) is 26.3. The minimum atomic E-state index is -0.0505. The van der Waals surface area contributed by atoms with Crippen LogP contribution in [0.4, 0.5) is 0 Å². The number of nitrogens with zero attached hydrogens (tertiary/aromatic N) is 2. The molecule has 2 N–H and O–H groups in total. The second-order valence-corrected chi connectivity index (χ2v) is 12.0. The van der Waals surface area contributed by atoms with Crippen molar-refractivity contribution in [2.45, 2.75) is 69.2 Å². The van der Waals surface area contributed by atoms with Crippen molar-refractivity contribution in [3.63, 3.8) is 0 Å². The van der Waals surface area contributed by atoms with Gasteiger partial charge in [0.2, 0.25) is 6.41 Å². The first-order valence-electron chi connectivity index (χ1n) is 14.0. The first-order valence-corrected chi connectivity index (χ1v) is 14.9. The highest BCUT2D eigenvalue weighted by Crippen LogP contribution is 2.39. The fourth-order valence-electron chi connectivity index (χ4n) is 6.61. The van der Waals surface area contributed by atoms with E-state index >= 15 is 0 Å². The molecule has 200 valence electrons. The number of carbonyl (C=O) groups is 2. The molecule has 3 fully saturated rings. The van der Waals surface area contributed by atoms with Gasteiger partial charge >= 0.3 is 0 Å². The lowest BCUT2D eigenvalue weighted by Crippen LogP contribution is -2.45. The number of H-pyrrole nitrogens is 1. The Morgan fingerprint density at radius 3 is 2.54 bits per heavy atom. The molecule has 7 nitrogen and oxygen atoms in total. The summed E-state index contributed by atoms with van der Waals surface area (Å²) in [6.07, 6.45) is 8.61. The van der Waals surface area contributed by atoms with E-state index in [1.54, 1.807) is 11.3 Å². The molecule has 7 rings (SSSR count). The molecular weight excluding hydrogens is 508 g/mol. The number of amides is 2. The van der Waals surface area contributed by atoms with Crippen molar-refractivity contribution >= 4 is 34.6 Å². The number of thiophene rings is 1. The number of carbonyl (C=O) groups excluding carboxylic acids is 2. The number of aromatic nitrogens is 2. The second kappa shape index (κ2) is 10.2. The highest BCUT2D eigenvalue weighted by atomic mass is 32.1. The molecule has 39 heavy (non-hydrogen) atoms. The van der Waals surface area contributed by atoms with Gasteiger partial charge in [0.05, 0.1) is 17.3 Å². The Morgan fingerprint density at radius 1 is 1.08 bits per heavy atom. The molecule has 2 aliphatic heterocycles. The van der Waals surface area contributed by atoms with Gasteiger partial charge in [-0.2, -0.15) is 16.4 Å². The molecule has 2 saturated heterocycles. The summed E-state index contributed by atoms with van der Waals surface area (Å²) in [5.41, 5.74) is 4.52. The summed E-state index contributed by atoms with van der Waals surface area (Å²) in [6, 6.07) is 16.6. The molecule has 1 saturated carbocycles. The number of aromatic amines is 1. The molecule has 0 spiro atoms. The highest BCUT2D eigenvalue weighted by molar-refractivity contribution is 7.08. The summed E-state index contributed by atoms with van der Waals surface area (Å²) in [7, 11) is 0. The molecular formula is C31H32N4O3S. The van der Waals surface area contributed by atoms with E-state index in [4.69, 9.17) is 4.74 Å². The Hall–Kier alpha value is -3.65. The molecule has 3 aliphatic rings. The van der Waals surface area contributed by atoms with E-state index in [1.165, 1.54) is 12.0 Å². The van der Waals surface area contributed by atoms with Crippen molar-refractivity contribution < 1.29 is 14.3 Å². The summed E-state index contributed by atoms with van der Waals surface area (Å²) < 4.78 is 6.32. The number of ether oxygens (including phenoxy) is 1. The maximum atomic E-state index is 13.4. The third-order valence-corrected chi connectivity index (χ3v) is 9.64. The van der Waals surface area contributed by atoms with Crippen molar-refractivity contribution in [1.29, 1.82) is 0 Å². The predicted octanol–water partition coefficient (Wildman–Crippen LogP) is 6.09. The van der Waals surface area contributed by atoms with Crippen LogP contribution in [0.5, 0.6) is 5.75 Å². The number of benzene rings is 2. The van der Waals surface area contributed by atoms with Crippen molar-refractivity contribution in [2.24, 2.45) is 5.92 Å². The van der Waals surface area contributed by atoms with Gasteiger partial charge in [0.1, 0.15) is 11.9 Å². The minimum absolute atomic E-state index is 0.0505. The van der Waals surface area contributed by atoms with Gasteiger partial charge in [-0.05, 0) is 96.5 Å². The van der Waals surface area contributed by atoms with E-state index in [1.807, 2.05) is 47.4 Å². The largest absolute Gasteiger partial charge is 0.490 e. The van der Waals surface area contributed by atoms with E-state index < -0.39 is 0 Å². The first kappa shape index (κ1) is 24.4. The zero-order valence-corrected chi connectivity index (χ0v) is 22.5. The minimum Gasteiger partial charge on any atom is -0.490 e. The van der Waals surface area contributed by atoms with E-state index in [0.717, 1.165) is 72.8 Å². The maximum Gasteiger partial charge on any atom is 0.251 e. The number of nitrogens with one attached hydrogen (secondary N) is 2. The third kappa shape index (κ3) is 4.61. The Kier molecular flexibility index (Phi) is 6.35. The average molecular weight is 541 g/mol. The lowest BCUT2D eigenvalue weighted by molar-refractivity contribution is -0.123. The molecule has 8 heteroatoms. The first-order chi connectivity index (χ1) is 19.2. The molecule has 4 heterocycles. The van der Waals surface area contributed by atoms with Crippen molar-refractivity contribution in [2.75, 3.05) is 0 Å². The molecule has 2 aromatic heterocycles. The number of rotatable bonds is 8. The Balaban J connectivity index is 1.07. The van der Waals surface area contributed by atoms with Crippen LogP contribution in [0.2, 0.25) is 0 Å². The smallest absolute Gasteiger partial charge is 0.251 e. The van der Waals surface area contributed by atoms with E-state index in [0.29, 0.717) is 23.6 Å². The topological polar surface area (TPSA) is 87.3 Å². The Morgan fingerprint density at radius 2 is 1.87 bits per heavy atom. The van der Waals surface area contributed by atoms with Gasteiger partial charge in [-0.15, -0.1) is 0 Å². The summed E-state index contributed by atoms with van der Waals surface area (Å²) in [4.78, 5) is 26.7. The van der Waals surface area contributed by atoms with Crippen LogP contribution in [0.3, 0.4) is 0 Å². The van der Waals surface area contributed by atoms with Crippen LogP contribution < -0.4 is 10.1 Å². The van der Waals surface area contributed by atoms with Gasteiger partial charge < -0.3 is 15.0 Å². The van der Waals surface area contributed by atoms with Crippen LogP contribution in [0.1, 0.15) is 66.9 Å². The zero-order valence-electron chi connectivity index (χ0n) is 21.7. The van der Waals surface area contributed by atoms with Gasteiger partial charge in [-0.25, -0.2) is 0 Å². The maximum absolute atomic E-state index is 13.4. The molecule has 3 atom stereocenters. The fourth-order valence-corrected chi connectivity index (χ4v) is 7.31. The quantitative estimate of drug-likeness (QED) is 0.265. The Labute approximate surface area is 231 Å². The van der Waals surface area contributed by atoms with Crippen molar-refractivity contribution in [1.82, 2.24) is 20.4 Å². The van der Waals surface area contributed by atoms with Crippen LogP contribution >= 0.6 is 11.3 Å². The summed E-state index contributed by atoms with van der Waals surface area (Å²) in [6.45, 7) is 0. The van der Waals surface area contributed by atoms with Crippen LogP contribution in [0, 0.1) is 5.92 Å². The van der Waals surface area contributed by atoms with Gasteiger partial charge in [0, 0.05) is 41.4 Å². The van der Waals surface area contributed by atoms with Crippen LogP contribution in [0.15, 0.2) is 59.3 Å². The second-order valence-electron chi connectivity index (χ2n) is 11.2. The van der Waals surface area contributed by atoms with Crippen LogP contribution in [0.25, 0.3) is 22.2 Å². The lowest BCUT2D eigenvalue weighted by atomic mass is 9.77. The number of fused-ring (bicyclic) bond motifs is 3. The summed E-state index contributed by atoms with van der Waals surface area (Å²) in [5, 5.41) is 16.1. The Bertz CT molecular complexity index is 1460. The SMILES string of the molecule is O=CN1C2CCC1CC(Oc1ccc(-c3n[nH]c4ccc(C(=O)NC(c5ccsc5)C5CCC5)cc34)cc1)C2. The summed E-state index contributed by atoms with van der Waals surface area (Å²) >= 11 is 1.67. The summed E-state index contributed by atoms with van der Waals surface area (Å²) in [5.74, 6) is 1.29. The van der Waals surface area contributed by atoms with E-state index in [2.05, 4.69) is 32.3 Å². The number of hydrogen-bond donors (Lipinski definition) is 2. The van der Waals surface area contributed by atoms with Crippen LogP contribution in [-0.4, -0.2) is 45.6 Å². The number of hydrogen-bond acceptors (Lipinski definition) is 5. The van der Waals surface area contributed by atoms with E-state index in [9.17, 15) is 9.59 Å². The molecule has 3 unspecified atom stereocenters. The molecule has 4 aromatic rings. The highest BCUT2D eigenvalue weighted by Gasteiger charge is 2.40. The monoisotopic (exact) mass is 540 g/mol. The van der Waals surface area contributed by atoms with Gasteiger partial charge in [0.15, 0.2) is 0 Å². The molecule has 2 aromatic carbocycles. The van der Waals surface area contributed by atoms with Gasteiger partial charge in [-0.3, -0.25) is 14.7 Å². The van der Waals surface area contributed by atoms with Crippen molar-refractivity contribution in [3.05, 3.63) is 70.4 Å². The standard InChI is InChI=1S/C31H32N4O3S/c36-18-35-23-7-8-24(35)16-26(15-23)38-25-9-4-20(5-10-25)30-27-14-21(6-11-28(27)33-34-30)31(37)32-29(19-2-1-3-19)22-12-13-39-17-22/h4-6,9-14,17-19,23-24,26,29H,1-3,7-8,15-16H2,(H,32,37)(H,33,34). The van der Waals surface area contributed by atoms with Crippen LogP contribution in [-0.2, 0) is 4.79 Å². The molecule has 1 aliphatic carbocycles. The third-order valence-electron chi connectivity index (χ3n) is 8.93. The normalized spacial score (nSPS) is 23.4. The van der Waals surface area contributed by atoms with Gasteiger partial charge in [-0.1, -0.05) is 6.42 Å². The van der Waals surface area contributed by atoms with Crippen molar-refractivity contribution in [3.8, 4) is 17.0 Å². The van der Waals surface area contributed by atoms with Gasteiger partial charge in [0.25, 0.3) is 5.91 Å². The molecule has 2 bridgehead atoms. The predicted molar refractivity (Wildman–Crippen MR) is 152 cm³/mol. The average Bonchev–Trinajstić information content (AvgIpc) is 3.66. The molecule has 0 radical (unpaired) electrons. The number of piperidine rings is 1. The lowest BCUT2D eigenvalue weighted by Gasteiger charge is -2.36. The fraction of sp³-hybridized carbons (Fsp3) is 0.387. The van der Waals surface area contributed by atoms with E-state index in [-0.39, 0.29) is 18.1 Å². The molecule has 2 amide bonds.